The third-order valence-electron chi connectivity index (χ3n) is 3.93. The van der Waals surface area contributed by atoms with E-state index in [2.05, 4.69) is 10.5 Å². The summed E-state index contributed by atoms with van der Waals surface area (Å²) in [5.41, 5.74) is 3.76. The summed E-state index contributed by atoms with van der Waals surface area (Å²) >= 11 is 0. The Morgan fingerprint density at radius 3 is 2.44 bits per heavy atom. The molecule has 0 bridgehead atoms. The number of ether oxygens (including phenoxy) is 1. The highest BCUT2D eigenvalue weighted by atomic mass is 16.5. The van der Waals surface area contributed by atoms with Crippen molar-refractivity contribution in [3.05, 3.63) is 77.9 Å². The van der Waals surface area contributed by atoms with Crippen LogP contribution in [0.1, 0.15) is 22.8 Å². The molecule has 2 N–H and O–H groups in total. The minimum atomic E-state index is -1.03. The monoisotopic (exact) mass is 362 g/mol. The predicted octanol–water partition coefficient (Wildman–Crippen LogP) is 3.46. The number of aliphatic carboxylic acids is 1. The van der Waals surface area contributed by atoms with Gasteiger partial charge in [-0.25, -0.2) is 10.2 Å². The highest BCUT2D eigenvalue weighted by Crippen LogP contribution is 2.16. The minimum absolute atomic E-state index is 0.299. The fourth-order valence-electron chi connectivity index (χ4n) is 2.45. The summed E-state index contributed by atoms with van der Waals surface area (Å²) in [6.45, 7) is 1.46. The molecule has 6 nitrogen and oxygen atoms in total. The highest BCUT2D eigenvalue weighted by molar-refractivity contribution is 5.98. The Kier molecular flexibility index (Phi) is 5.47. The SMILES string of the molecule is C[C@@H](Oc1ccc(/C=N\NC(=O)c2ccc3ccccc3c2)cc1)C(=O)O. The van der Waals surface area contributed by atoms with E-state index in [1.807, 2.05) is 36.4 Å². The van der Waals surface area contributed by atoms with Crippen molar-refractivity contribution >= 4 is 28.9 Å². The molecule has 0 aliphatic heterocycles. The Morgan fingerprint density at radius 2 is 1.74 bits per heavy atom. The summed E-state index contributed by atoms with van der Waals surface area (Å²) in [6.07, 6.45) is 0.578. The summed E-state index contributed by atoms with van der Waals surface area (Å²) in [5, 5.41) is 14.8. The van der Waals surface area contributed by atoms with Gasteiger partial charge in [-0.15, -0.1) is 0 Å². The smallest absolute Gasteiger partial charge is 0.344 e. The summed E-state index contributed by atoms with van der Waals surface area (Å²) in [7, 11) is 0. The lowest BCUT2D eigenvalue weighted by molar-refractivity contribution is -0.144. The molecule has 0 aliphatic rings. The molecule has 0 aromatic heterocycles. The fraction of sp³-hybridized carbons (Fsp3) is 0.0952. The summed E-state index contributed by atoms with van der Waals surface area (Å²) in [4.78, 5) is 23.0. The van der Waals surface area contributed by atoms with Crippen LogP contribution in [0.3, 0.4) is 0 Å². The average Bonchev–Trinajstić information content (AvgIpc) is 2.68. The number of hydrogen-bond acceptors (Lipinski definition) is 4. The van der Waals surface area contributed by atoms with Gasteiger partial charge in [-0.1, -0.05) is 30.3 Å². The van der Waals surface area contributed by atoms with Crippen molar-refractivity contribution in [3.8, 4) is 5.75 Å². The number of carboxylic acid groups (broad SMARTS) is 1. The standard InChI is InChI=1S/C21H18N2O4/c1-14(21(25)26)27-19-10-6-15(7-11-19)13-22-23-20(24)18-9-8-16-4-2-3-5-17(16)12-18/h2-14H,1H3,(H,23,24)(H,25,26)/b22-13-/t14-/m1/s1. The zero-order valence-electron chi connectivity index (χ0n) is 14.6. The topological polar surface area (TPSA) is 88.0 Å². The Bertz CT molecular complexity index is 996. The molecule has 0 heterocycles. The van der Waals surface area contributed by atoms with Gasteiger partial charge in [-0.05, 0) is 59.7 Å². The van der Waals surface area contributed by atoms with Crippen LogP contribution in [-0.2, 0) is 4.79 Å². The molecule has 1 atom stereocenters. The second-order valence-electron chi connectivity index (χ2n) is 5.93. The van der Waals surface area contributed by atoms with Crippen LogP contribution in [0.2, 0.25) is 0 Å². The maximum atomic E-state index is 12.2. The van der Waals surface area contributed by atoms with Gasteiger partial charge in [0.1, 0.15) is 5.75 Å². The molecule has 0 fully saturated rings. The zero-order chi connectivity index (χ0) is 19.2. The number of fused-ring (bicyclic) bond motifs is 1. The first-order chi connectivity index (χ1) is 13.0. The van der Waals surface area contributed by atoms with Crippen LogP contribution in [0, 0.1) is 0 Å². The molecule has 136 valence electrons. The summed E-state index contributed by atoms with van der Waals surface area (Å²) in [6, 6.07) is 20.0. The molecule has 0 aliphatic carbocycles. The van der Waals surface area contributed by atoms with E-state index in [9.17, 15) is 9.59 Å². The Balaban J connectivity index is 1.60. The van der Waals surface area contributed by atoms with Crippen LogP contribution in [0.5, 0.6) is 5.75 Å². The van der Waals surface area contributed by atoms with Crippen LogP contribution in [0.25, 0.3) is 10.8 Å². The van der Waals surface area contributed by atoms with Gasteiger partial charge in [0.25, 0.3) is 5.91 Å². The van der Waals surface area contributed by atoms with Crippen LogP contribution in [0.15, 0.2) is 71.8 Å². The van der Waals surface area contributed by atoms with Crippen LogP contribution in [0.4, 0.5) is 0 Å². The minimum Gasteiger partial charge on any atom is -0.479 e. The van der Waals surface area contributed by atoms with E-state index in [0.29, 0.717) is 11.3 Å². The number of nitrogens with zero attached hydrogens (tertiary/aromatic N) is 1. The molecule has 27 heavy (non-hydrogen) atoms. The van der Waals surface area contributed by atoms with Gasteiger partial charge in [0.15, 0.2) is 6.10 Å². The Morgan fingerprint density at radius 1 is 1.04 bits per heavy atom. The maximum Gasteiger partial charge on any atom is 0.344 e. The van der Waals surface area contributed by atoms with E-state index in [1.165, 1.54) is 13.1 Å². The maximum absolute atomic E-state index is 12.2. The molecule has 0 saturated heterocycles. The second-order valence-corrected chi connectivity index (χ2v) is 5.93. The van der Waals surface area contributed by atoms with E-state index in [-0.39, 0.29) is 5.91 Å². The van der Waals surface area contributed by atoms with Gasteiger partial charge in [0.05, 0.1) is 6.21 Å². The molecule has 3 rings (SSSR count). The van der Waals surface area contributed by atoms with Gasteiger partial charge in [0, 0.05) is 5.56 Å². The molecular weight excluding hydrogens is 344 g/mol. The van der Waals surface area contributed by atoms with Crippen molar-refractivity contribution in [2.45, 2.75) is 13.0 Å². The number of carboxylic acids is 1. The molecule has 0 saturated carbocycles. The quantitative estimate of drug-likeness (QED) is 0.519. The number of hydrogen-bond donors (Lipinski definition) is 2. The Labute approximate surface area is 156 Å². The number of amides is 1. The number of benzene rings is 3. The number of hydrazone groups is 1. The third-order valence-corrected chi connectivity index (χ3v) is 3.93. The second kappa shape index (κ2) is 8.14. The van der Waals surface area contributed by atoms with E-state index in [4.69, 9.17) is 9.84 Å². The molecule has 0 radical (unpaired) electrons. The first-order valence-corrected chi connectivity index (χ1v) is 8.34. The lowest BCUT2D eigenvalue weighted by atomic mass is 10.1. The van der Waals surface area contributed by atoms with Crippen molar-refractivity contribution in [2.75, 3.05) is 0 Å². The number of nitrogens with one attached hydrogen (secondary N) is 1. The molecular formula is C21H18N2O4. The van der Waals surface area contributed by atoms with E-state index < -0.39 is 12.1 Å². The molecule has 0 spiro atoms. The molecule has 0 unspecified atom stereocenters. The largest absolute Gasteiger partial charge is 0.479 e. The number of carbonyl (C=O) groups is 2. The number of rotatable bonds is 6. The lowest BCUT2D eigenvalue weighted by Crippen LogP contribution is -2.22. The lowest BCUT2D eigenvalue weighted by Gasteiger charge is -2.09. The zero-order valence-corrected chi connectivity index (χ0v) is 14.6. The van der Waals surface area contributed by atoms with Gasteiger partial charge >= 0.3 is 5.97 Å². The fourth-order valence-corrected chi connectivity index (χ4v) is 2.45. The first kappa shape index (κ1) is 18.1. The third kappa shape index (κ3) is 4.70. The van der Waals surface area contributed by atoms with Crippen LogP contribution >= 0.6 is 0 Å². The summed E-state index contributed by atoms with van der Waals surface area (Å²) in [5.74, 6) is -0.883. The molecule has 1 amide bonds. The van der Waals surface area contributed by atoms with E-state index in [1.54, 1.807) is 30.3 Å². The normalized spacial score (nSPS) is 12.0. The average molecular weight is 362 g/mol. The molecule has 3 aromatic carbocycles. The van der Waals surface area contributed by atoms with Crippen molar-refractivity contribution < 1.29 is 19.4 Å². The Hall–Kier alpha value is -3.67. The molecule has 6 heteroatoms. The van der Waals surface area contributed by atoms with Crippen molar-refractivity contribution in [3.63, 3.8) is 0 Å². The van der Waals surface area contributed by atoms with Gasteiger partial charge < -0.3 is 9.84 Å². The van der Waals surface area contributed by atoms with Gasteiger partial charge in [0.2, 0.25) is 0 Å². The van der Waals surface area contributed by atoms with Crippen LogP contribution in [-0.4, -0.2) is 29.3 Å². The first-order valence-electron chi connectivity index (χ1n) is 8.34. The van der Waals surface area contributed by atoms with Crippen LogP contribution < -0.4 is 10.2 Å². The van der Waals surface area contributed by atoms with Crippen molar-refractivity contribution in [1.82, 2.24) is 5.43 Å². The number of carbonyl (C=O) groups excluding carboxylic acids is 1. The van der Waals surface area contributed by atoms with Gasteiger partial charge in [-0.2, -0.15) is 5.10 Å². The highest BCUT2D eigenvalue weighted by Gasteiger charge is 2.11. The van der Waals surface area contributed by atoms with Crippen molar-refractivity contribution in [1.29, 1.82) is 0 Å². The molecule has 3 aromatic rings. The van der Waals surface area contributed by atoms with Gasteiger partial charge in [-0.3, -0.25) is 4.79 Å². The summed E-state index contributed by atoms with van der Waals surface area (Å²) < 4.78 is 5.25. The predicted molar refractivity (Wildman–Crippen MR) is 103 cm³/mol. The van der Waals surface area contributed by atoms with Crippen molar-refractivity contribution in [2.24, 2.45) is 5.10 Å². The van der Waals surface area contributed by atoms with E-state index >= 15 is 0 Å². The van der Waals surface area contributed by atoms with E-state index in [0.717, 1.165) is 16.3 Å².